The number of Topliss-reactive ketones (excluding diaryl/α,β-unsaturated/α-hetero) is 1. The topological polar surface area (TPSA) is 20.3 Å². The maximum Gasteiger partial charge on any atom is 0.164 e. The van der Waals surface area contributed by atoms with Gasteiger partial charge in [0, 0.05) is 18.5 Å². The molecule has 0 spiro atoms. The third-order valence-corrected chi connectivity index (χ3v) is 3.18. The molecule has 0 unspecified atom stereocenters. The van der Waals surface area contributed by atoms with E-state index in [9.17, 15) is 4.79 Å². The van der Waals surface area contributed by atoms with Gasteiger partial charge in [0.25, 0.3) is 0 Å². The lowest BCUT2D eigenvalue weighted by Gasteiger charge is -2.20. The van der Waals surface area contributed by atoms with Crippen molar-refractivity contribution in [3.63, 3.8) is 0 Å². The highest BCUT2D eigenvalue weighted by molar-refractivity contribution is 5.97. The number of rotatable bonds is 8. The molecular formula is C16H25NO. The summed E-state index contributed by atoms with van der Waals surface area (Å²) in [5, 5.41) is 0. The number of carbonyl (C=O) groups excluding carboxylic acids is 1. The molecule has 0 aliphatic heterocycles. The Morgan fingerprint density at radius 2 is 1.67 bits per heavy atom. The summed E-state index contributed by atoms with van der Waals surface area (Å²) in [4.78, 5) is 14.5. The van der Waals surface area contributed by atoms with Crippen LogP contribution in [0, 0.1) is 6.92 Å². The maximum absolute atomic E-state index is 12.2. The van der Waals surface area contributed by atoms with Gasteiger partial charge in [0.15, 0.2) is 5.78 Å². The van der Waals surface area contributed by atoms with Crippen LogP contribution in [0.4, 0.5) is 0 Å². The van der Waals surface area contributed by atoms with Crippen LogP contribution in [0.2, 0.25) is 0 Å². The summed E-state index contributed by atoms with van der Waals surface area (Å²) < 4.78 is 0. The summed E-state index contributed by atoms with van der Waals surface area (Å²) in [6.07, 6.45) is 2.93. The zero-order valence-corrected chi connectivity index (χ0v) is 11.9. The molecule has 0 heterocycles. The number of carbonyl (C=O) groups is 1. The minimum atomic E-state index is 0.269. The molecule has 0 atom stereocenters. The van der Waals surface area contributed by atoms with Crippen LogP contribution in [-0.4, -0.2) is 30.3 Å². The van der Waals surface area contributed by atoms with Gasteiger partial charge in [0.2, 0.25) is 0 Å². The standard InChI is InChI=1S/C16H25NO/c1-4-11-17(12-5-2)13-10-16(18)15-9-7-6-8-14(15)3/h6-9H,4-5,10-13H2,1-3H3. The molecule has 1 aromatic rings. The fraction of sp³-hybridized carbons (Fsp3) is 0.562. The van der Waals surface area contributed by atoms with Crippen LogP contribution in [0.15, 0.2) is 24.3 Å². The SMILES string of the molecule is CCCN(CCC)CCC(=O)c1ccccc1C. The molecule has 0 aliphatic rings. The lowest BCUT2D eigenvalue weighted by Crippen LogP contribution is -2.28. The van der Waals surface area contributed by atoms with Crippen molar-refractivity contribution in [2.75, 3.05) is 19.6 Å². The van der Waals surface area contributed by atoms with Crippen LogP contribution < -0.4 is 0 Å². The summed E-state index contributed by atoms with van der Waals surface area (Å²) in [7, 11) is 0. The van der Waals surface area contributed by atoms with Crippen LogP contribution in [-0.2, 0) is 0 Å². The van der Waals surface area contributed by atoms with Crippen LogP contribution in [0.25, 0.3) is 0 Å². The third kappa shape index (κ3) is 4.61. The highest BCUT2D eigenvalue weighted by Crippen LogP contribution is 2.10. The van der Waals surface area contributed by atoms with Gasteiger partial charge in [-0.25, -0.2) is 0 Å². The Labute approximate surface area is 111 Å². The van der Waals surface area contributed by atoms with Gasteiger partial charge < -0.3 is 4.90 Å². The minimum Gasteiger partial charge on any atom is -0.303 e. The molecule has 18 heavy (non-hydrogen) atoms. The normalized spacial score (nSPS) is 10.9. The van der Waals surface area contributed by atoms with Gasteiger partial charge in [-0.2, -0.15) is 0 Å². The molecule has 2 heteroatoms. The second-order valence-electron chi connectivity index (χ2n) is 4.83. The lowest BCUT2D eigenvalue weighted by molar-refractivity contribution is 0.0963. The fourth-order valence-electron chi connectivity index (χ4n) is 2.25. The number of nitrogens with zero attached hydrogens (tertiary/aromatic N) is 1. The smallest absolute Gasteiger partial charge is 0.164 e. The molecule has 100 valence electrons. The molecule has 0 N–H and O–H groups in total. The van der Waals surface area contributed by atoms with Crippen LogP contribution >= 0.6 is 0 Å². The number of ketones is 1. The van der Waals surface area contributed by atoms with Gasteiger partial charge in [0.1, 0.15) is 0 Å². The Morgan fingerprint density at radius 1 is 1.06 bits per heavy atom. The average molecular weight is 247 g/mol. The average Bonchev–Trinajstić information content (AvgIpc) is 2.36. The second-order valence-corrected chi connectivity index (χ2v) is 4.83. The van der Waals surface area contributed by atoms with Crippen molar-refractivity contribution in [2.45, 2.75) is 40.0 Å². The molecule has 0 radical (unpaired) electrons. The molecule has 0 amide bonds. The van der Waals surface area contributed by atoms with Crippen molar-refractivity contribution in [3.05, 3.63) is 35.4 Å². The van der Waals surface area contributed by atoms with E-state index in [1.165, 1.54) is 0 Å². The fourth-order valence-corrected chi connectivity index (χ4v) is 2.25. The van der Waals surface area contributed by atoms with Gasteiger partial charge in [-0.15, -0.1) is 0 Å². The molecular weight excluding hydrogens is 222 g/mol. The van der Waals surface area contributed by atoms with Crippen molar-refractivity contribution in [2.24, 2.45) is 0 Å². The van der Waals surface area contributed by atoms with Crippen LogP contribution in [0.1, 0.15) is 49.0 Å². The Balaban J connectivity index is 2.52. The van der Waals surface area contributed by atoms with Crippen molar-refractivity contribution in [1.82, 2.24) is 4.90 Å². The Morgan fingerprint density at radius 3 is 2.22 bits per heavy atom. The molecule has 0 bridgehead atoms. The number of hydrogen-bond donors (Lipinski definition) is 0. The molecule has 1 aromatic carbocycles. The summed E-state index contributed by atoms with van der Waals surface area (Å²) in [6.45, 7) is 9.44. The van der Waals surface area contributed by atoms with Crippen molar-refractivity contribution >= 4 is 5.78 Å². The van der Waals surface area contributed by atoms with Gasteiger partial charge in [-0.1, -0.05) is 38.1 Å². The minimum absolute atomic E-state index is 0.269. The number of aryl methyl sites for hydroxylation is 1. The van der Waals surface area contributed by atoms with E-state index >= 15 is 0 Å². The molecule has 2 nitrogen and oxygen atoms in total. The number of hydrogen-bond acceptors (Lipinski definition) is 2. The van der Waals surface area contributed by atoms with E-state index in [2.05, 4.69) is 18.7 Å². The van der Waals surface area contributed by atoms with E-state index in [1.807, 2.05) is 31.2 Å². The maximum atomic E-state index is 12.2. The van der Waals surface area contributed by atoms with E-state index in [1.54, 1.807) is 0 Å². The van der Waals surface area contributed by atoms with Crippen LogP contribution in [0.3, 0.4) is 0 Å². The van der Waals surface area contributed by atoms with E-state index in [0.717, 1.165) is 43.6 Å². The van der Waals surface area contributed by atoms with E-state index in [-0.39, 0.29) is 5.78 Å². The van der Waals surface area contributed by atoms with Crippen molar-refractivity contribution in [3.8, 4) is 0 Å². The van der Waals surface area contributed by atoms with E-state index in [4.69, 9.17) is 0 Å². The molecule has 0 fully saturated rings. The zero-order valence-electron chi connectivity index (χ0n) is 11.9. The monoisotopic (exact) mass is 247 g/mol. The molecule has 0 saturated carbocycles. The molecule has 0 aliphatic carbocycles. The van der Waals surface area contributed by atoms with Gasteiger partial charge in [-0.05, 0) is 38.4 Å². The van der Waals surface area contributed by atoms with Gasteiger partial charge >= 0.3 is 0 Å². The first kappa shape index (κ1) is 14.9. The summed E-state index contributed by atoms with van der Waals surface area (Å²) in [6, 6.07) is 7.85. The second kappa shape index (κ2) is 8.04. The summed E-state index contributed by atoms with van der Waals surface area (Å²) >= 11 is 0. The first-order valence-electron chi connectivity index (χ1n) is 7.00. The van der Waals surface area contributed by atoms with Gasteiger partial charge in [0.05, 0.1) is 0 Å². The Hall–Kier alpha value is -1.15. The quantitative estimate of drug-likeness (QED) is 0.653. The van der Waals surface area contributed by atoms with Crippen LogP contribution in [0.5, 0.6) is 0 Å². The summed E-state index contributed by atoms with van der Waals surface area (Å²) in [5.41, 5.74) is 1.96. The third-order valence-electron chi connectivity index (χ3n) is 3.18. The Kier molecular flexibility index (Phi) is 6.66. The number of benzene rings is 1. The largest absolute Gasteiger partial charge is 0.303 e. The highest BCUT2D eigenvalue weighted by Gasteiger charge is 2.10. The predicted octanol–water partition coefficient (Wildman–Crippen LogP) is 3.69. The summed E-state index contributed by atoms with van der Waals surface area (Å²) in [5.74, 6) is 0.269. The first-order chi connectivity index (χ1) is 8.69. The molecule has 0 saturated heterocycles. The van der Waals surface area contributed by atoms with Gasteiger partial charge in [-0.3, -0.25) is 4.79 Å². The van der Waals surface area contributed by atoms with E-state index in [0.29, 0.717) is 6.42 Å². The Bertz CT molecular complexity index is 367. The van der Waals surface area contributed by atoms with E-state index < -0.39 is 0 Å². The lowest BCUT2D eigenvalue weighted by atomic mass is 10.0. The van der Waals surface area contributed by atoms with Crippen molar-refractivity contribution < 1.29 is 4.79 Å². The highest BCUT2D eigenvalue weighted by atomic mass is 16.1. The zero-order chi connectivity index (χ0) is 13.4. The van der Waals surface area contributed by atoms with Crippen molar-refractivity contribution in [1.29, 1.82) is 0 Å². The predicted molar refractivity (Wildman–Crippen MR) is 77.1 cm³/mol. The first-order valence-corrected chi connectivity index (χ1v) is 7.00. The molecule has 1 rings (SSSR count). The molecule has 0 aromatic heterocycles.